The minimum absolute atomic E-state index is 0.208. The maximum atomic E-state index is 12.2. The van der Waals surface area contributed by atoms with Crippen LogP contribution in [0.1, 0.15) is 30.2 Å². The molecule has 1 amide bonds. The normalized spacial score (nSPS) is 17.4. The Hall–Kier alpha value is -1.43. The summed E-state index contributed by atoms with van der Waals surface area (Å²) in [6.45, 7) is 1.36. The summed E-state index contributed by atoms with van der Waals surface area (Å²) in [7, 11) is 0. The quantitative estimate of drug-likeness (QED) is 0.791. The highest BCUT2D eigenvalue weighted by molar-refractivity contribution is 6.30. The highest BCUT2D eigenvalue weighted by atomic mass is 35.5. The van der Waals surface area contributed by atoms with Crippen molar-refractivity contribution in [3.05, 3.63) is 29.8 Å². The number of piperidine rings is 1. The second-order valence-corrected chi connectivity index (χ2v) is 5.30. The highest BCUT2D eigenvalue weighted by Crippen LogP contribution is 2.28. The molecule has 7 heteroatoms. The van der Waals surface area contributed by atoms with Gasteiger partial charge < -0.3 is 9.64 Å². The topological polar surface area (TPSA) is 29.5 Å². The number of benzene rings is 1. The lowest BCUT2D eigenvalue weighted by Gasteiger charge is -2.28. The summed E-state index contributed by atoms with van der Waals surface area (Å²) < 4.78 is 40.0. The van der Waals surface area contributed by atoms with Crippen molar-refractivity contribution in [3.8, 4) is 5.75 Å². The first-order valence-electron chi connectivity index (χ1n) is 6.65. The summed E-state index contributed by atoms with van der Waals surface area (Å²) in [6, 6.07) is 5.06. The zero-order valence-corrected chi connectivity index (χ0v) is 12.0. The molecule has 1 aromatic rings. The van der Waals surface area contributed by atoms with Crippen molar-refractivity contribution in [2.75, 3.05) is 13.1 Å². The van der Waals surface area contributed by atoms with Crippen LogP contribution in [-0.4, -0.2) is 30.3 Å². The maximum absolute atomic E-state index is 12.2. The van der Waals surface area contributed by atoms with Crippen LogP contribution in [0.25, 0.3) is 0 Å². The van der Waals surface area contributed by atoms with Gasteiger partial charge in [-0.3, -0.25) is 4.79 Å². The van der Waals surface area contributed by atoms with E-state index >= 15 is 0 Å². The minimum Gasteiger partial charge on any atom is -0.406 e. The average molecular weight is 322 g/mol. The number of rotatable bonds is 3. The monoisotopic (exact) mass is 321 g/mol. The van der Waals surface area contributed by atoms with Gasteiger partial charge in [-0.05, 0) is 37.0 Å². The van der Waals surface area contributed by atoms with Crippen molar-refractivity contribution in [1.82, 2.24) is 4.90 Å². The molecule has 1 unspecified atom stereocenters. The van der Waals surface area contributed by atoms with Crippen molar-refractivity contribution in [2.45, 2.75) is 31.0 Å². The third-order valence-electron chi connectivity index (χ3n) is 3.29. The minimum atomic E-state index is -4.73. The molecular weight excluding hydrogens is 307 g/mol. The molecule has 1 aliphatic rings. The predicted octanol–water partition coefficient (Wildman–Crippen LogP) is 3.88. The Kier molecular flexibility index (Phi) is 4.98. The van der Waals surface area contributed by atoms with Crippen LogP contribution < -0.4 is 4.74 Å². The van der Waals surface area contributed by atoms with E-state index in [0.29, 0.717) is 18.7 Å². The van der Waals surface area contributed by atoms with Crippen LogP contribution in [0.4, 0.5) is 13.2 Å². The van der Waals surface area contributed by atoms with Gasteiger partial charge in [0.1, 0.15) is 11.1 Å². The number of amides is 1. The van der Waals surface area contributed by atoms with Gasteiger partial charge in [0.15, 0.2) is 0 Å². The number of carbonyl (C=O) groups is 1. The lowest BCUT2D eigenvalue weighted by atomic mass is 10.1. The van der Waals surface area contributed by atoms with Gasteiger partial charge in [-0.15, -0.1) is 24.8 Å². The van der Waals surface area contributed by atoms with E-state index in [-0.39, 0.29) is 11.7 Å². The number of likely N-dealkylation sites (tertiary alicyclic amines) is 1. The molecule has 0 aromatic heterocycles. The lowest BCUT2D eigenvalue weighted by Crippen LogP contribution is -2.37. The molecule has 21 heavy (non-hydrogen) atoms. The molecule has 116 valence electrons. The first-order valence-corrected chi connectivity index (χ1v) is 7.09. The molecule has 1 atom stereocenters. The third-order valence-corrected chi connectivity index (χ3v) is 3.73. The number of carbonyl (C=O) groups excluding carboxylic acids is 1. The van der Waals surface area contributed by atoms with Crippen molar-refractivity contribution in [1.29, 1.82) is 0 Å². The van der Waals surface area contributed by atoms with Crippen LogP contribution >= 0.6 is 11.6 Å². The number of hydrogen-bond acceptors (Lipinski definition) is 2. The molecule has 1 fully saturated rings. The Morgan fingerprint density at radius 1 is 1.14 bits per heavy atom. The SMILES string of the molecule is O=C(C(Cl)c1ccc(OC(F)(F)F)cc1)N1CCCCC1. The van der Waals surface area contributed by atoms with E-state index in [9.17, 15) is 18.0 Å². The fourth-order valence-corrected chi connectivity index (χ4v) is 2.54. The van der Waals surface area contributed by atoms with Crippen molar-refractivity contribution >= 4 is 17.5 Å². The summed E-state index contributed by atoms with van der Waals surface area (Å²) >= 11 is 6.12. The molecule has 0 bridgehead atoms. The number of hydrogen-bond donors (Lipinski definition) is 0. The fraction of sp³-hybridized carbons (Fsp3) is 0.500. The number of alkyl halides is 4. The lowest BCUT2D eigenvalue weighted by molar-refractivity contribution is -0.274. The molecule has 2 rings (SSSR count). The Morgan fingerprint density at radius 3 is 2.24 bits per heavy atom. The van der Waals surface area contributed by atoms with Crippen LogP contribution in [0.5, 0.6) is 5.75 Å². The van der Waals surface area contributed by atoms with Gasteiger partial charge in [0.2, 0.25) is 5.91 Å². The summed E-state index contributed by atoms with van der Waals surface area (Å²) in [5.41, 5.74) is 0.460. The molecule has 1 saturated heterocycles. The van der Waals surface area contributed by atoms with E-state index in [1.54, 1.807) is 4.90 Å². The van der Waals surface area contributed by atoms with Crippen molar-refractivity contribution in [2.24, 2.45) is 0 Å². The molecule has 0 radical (unpaired) electrons. The van der Waals surface area contributed by atoms with Crippen LogP contribution in [-0.2, 0) is 4.79 Å². The van der Waals surface area contributed by atoms with E-state index in [1.807, 2.05) is 0 Å². The third kappa shape index (κ3) is 4.52. The van der Waals surface area contributed by atoms with Crippen molar-refractivity contribution in [3.63, 3.8) is 0 Å². The smallest absolute Gasteiger partial charge is 0.406 e. The van der Waals surface area contributed by atoms with E-state index in [0.717, 1.165) is 31.4 Å². The van der Waals surface area contributed by atoms with E-state index in [1.165, 1.54) is 12.1 Å². The van der Waals surface area contributed by atoms with Crippen LogP contribution in [0.2, 0.25) is 0 Å². The average Bonchev–Trinajstić information content (AvgIpc) is 2.46. The molecule has 1 heterocycles. The van der Waals surface area contributed by atoms with E-state index < -0.39 is 11.7 Å². The molecule has 0 N–H and O–H groups in total. The van der Waals surface area contributed by atoms with Gasteiger partial charge in [0, 0.05) is 13.1 Å². The largest absolute Gasteiger partial charge is 0.573 e. The number of nitrogens with zero attached hydrogens (tertiary/aromatic N) is 1. The van der Waals surface area contributed by atoms with Gasteiger partial charge in [0.25, 0.3) is 0 Å². The Morgan fingerprint density at radius 2 is 1.71 bits per heavy atom. The van der Waals surface area contributed by atoms with Gasteiger partial charge in [-0.25, -0.2) is 0 Å². The standard InChI is InChI=1S/C14H15ClF3NO2/c15-12(13(20)19-8-2-1-3-9-19)10-4-6-11(7-5-10)21-14(16,17)18/h4-7,12H,1-3,8-9H2. The van der Waals surface area contributed by atoms with Gasteiger partial charge >= 0.3 is 6.36 Å². The van der Waals surface area contributed by atoms with Crippen LogP contribution in [0, 0.1) is 0 Å². The second-order valence-electron chi connectivity index (χ2n) is 4.87. The molecule has 1 aliphatic heterocycles. The molecular formula is C14H15ClF3NO2. The van der Waals surface area contributed by atoms with Gasteiger partial charge in [-0.2, -0.15) is 0 Å². The van der Waals surface area contributed by atoms with Crippen LogP contribution in [0.3, 0.4) is 0 Å². The predicted molar refractivity (Wildman–Crippen MR) is 72.2 cm³/mol. The first-order chi connectivity index (χ1) is 9.87. The zero-order chi connectivity index (χ0) is 15.5. The summed E-state index contributed by atoms with van der Waals surface area (Å²) in [4.78, 5) is 13.9. The van der Waals surface area contributed by atoms with Gasteiger partial charge in [-0.1, -0.05) is 12.1 Å². The molecule has 0 saturated carbocycles. The summed E-state index contributed by atoms with van der Waals surface area (Å²) in [5, 5.41) is -0.886. The summed E-state index contributed by atoms with van der Waals surface area (Å²) in [6.07, 6.45) is -1.73. The van der Waals surface area contributed by atoms with Gasteiger partial charge in [0.05, 0.1) is 0 Å². The van der Waals surface area contributed by atoms with Crippen molar-refractivity contribution < 1.29 is 22.7 Å². The molecule has 3 nitrogen and oxygen atoms in total. The molecule has 1 aromatic carbocycles. The Balaban J connectivity index is 2.02. The van der Waals surface area contributed by atoms with E-state index in [4.69, 9.17) is 11.6 Å². The Labute approximate surface area is 125 Å². The highest BCUT2D eigenvalue weighted by Gasteiger charge is 2.31. The number of ether oxygens (including phenoxy) is 1. The van der Waals surface area contributed by atoms with E-state index in [2.05, 4.69) is 4.74 Å². The molecule has 0 aliphatic carbocycles. The number of halogens is 4. The van der Waals surface area contributed by atoms with Crippen LogP contribution in [0.15, 0.2) is 24.3 Å². The summed E-state index contributed by atoms with van der Waals surface area (Å²) in [5.74, 6) is -0.540. The molecule has 0 spiro atoms. The zero-order valence-electron chi connectivity index (χ0n) is 11.2. The fourth-order valence-electron chi connectivity index (χ4n) is 2.26. The Bertz CT molecular complexity index is 484. The second kappa shape index (κ2) is 6.56. The first kappa shape index (κ1) is 15.9. The maximum Gasteiger partial charge on any atom is 0.573 e.